The van der Waals surface area contributed by atoms with Crippen molar-refractivity contribution < 1.29 is 0 Å². The minimum absolute atomic E-state index is 0.904. The molecule has 1 fully saturated rings. The third kappa shape index (κ3) is 2.91. The molecular formula is C7H11I3. The summed E-state index contributed by atoms with van der Waals surface area (Å²) >= 11 is 7.84. The molecule has 2 atom stereocenters. The van der Waals surface area contributed by atoms with Crippen LogP contribution in [0, 0.1) is 0 Å². The summed E-state index contributed by atoms with van der Waals surface area (Å²) in [6, 6.07) is 0. The second-order valence-corrected chi connectivity index (χ2v) is 7.40. The number of hydrogen-bond donors (Lipinski definition) is 0. The number of rotatable bonds is 0. The van der Waals surface area contributed by atoms with Crippen LogP contribution in [0.3, 0.4) is 0 Å². The van der Waals surface area contributed by atoms with E-state index in [4.69, 9.17) is 0 Å². The highest BCUT2D eigenvalue weighted by Crippen LogP contribution is 2.33. The van der Waals surface area contributed by atoms with Gasteiger partial charge in [-0.1, -0.05) is 80.6 Å². The molecule has 1 aliphatic carbocycles. The molecule has 60 valence electrons. The molecule has 1 rings (SSSR count). The van der Waals surface area contributed by atoms with Gasteiger partial charge in [0, 0.05) is 11.8 Å². The van der Waals surface area contributed by atoms with Gasteiger partial charge in [-0.2, -0.15) is 0 Å². The van der Waals surface area contributed by atoms with Crippen LogP contribution >= 0.6 is 67.8 Å². The van der Waals surface area contributed by atoms with Gasteiger partial charge in [0.05, 0.1) is 0 Å². The molecule has 1 saturated carbocycles. The zero-order chi connectivity index (χ0) is 7.56. The van der Waals surface area contributed by atoms with Crippen molar-refractivity contribution in [1.29, 1.82) is 0 Å². The van der Waals surface area contributed by atoms with E-state index in [9.17, 15) is 0 Å². The van der Waals surface area contributed by atoms with Crippen molar-refractivity contribution in [2.75, 3.05) is 0 Å². The van der Waals surface area contributed by atoms with Gasteiger partial charge in [-0.3, -0.25) is 0 Å². The summed E-state index contributed by atoms with van der Waals surface area (Å²) in [5.74, 6) is 0. The van der Waals surface area contributed by atoms with Gasteiger partial charge in [-0.05, 0) is 12.8 Å². The van der Waals surface area contributed by atoms with Gasteiger partial charge in [0.25, 0.3) is 0 Å². The number of alkyl halides is 3. The van der Waals surface area contributed by atoms with Gasteiger partial charge in [0.2, 0.25) is 0 Å². The first-order valence-electron chi connectivity index (χ1n) is 3.64. The maximum Gasteiger partial charge on any atom is 0.0345 e. The van der Waals surface area contributed by atoms with E-state index in [1.165, 1.54) is 25.7 Å². The zero-order valence-electron chi connectivity index (χ0n) is 5.69. The quantitative estimate of drug-likeness (QED) is 0.282. The first-order valence-corrected chi connectivity index (χ1v) is 7.37. The smallest absolute Gasteiger partial charge is 0.0345 e. The Morgan fingerprint density at radius 3 is 1.60 bits per heavy atom. The summed E-state index contributed by atoms with van der Waals surface area (Å²) in [5.41, 5.74) is 0. The Morgan fingerprint density at radius 1 is 0.800 bits per heavy atom. The molecule has 0 amide bonds. The Labute approximate surface area is 104 Å². The maximum atomic E-state index is 2.62. The Balaban J connectivity index is 2.46. The van der Waals surface area contributed by atoms with E-state index in [2.05, 4.69) is 67.8 Å². The third-order valence-corrected chi connectivity index (χ3v) is 9.18. The van der Waals surface area contributed by atoms with Crippen LogP contribution in [0.4, 0.5) is 0 Å². The molecule has 0 spiro atoms. The highest BCUT2D eigenvalue weighted by atomic mass is 127. The molecular weight excluding hydrogens is 465 g/mol. The Bertz CT molecular complexity index is 93.0. The fourth-order valence-electron chi connectivity index (χ4n) is 1.22. The van der Waals surface area contributed by atoms with E-state index in [1.807, 2.05) is 0 Å². The zero-order valence-corrected chi connectivity index (χ0v) is 12.2. The average Bonchev–Trinajstić information content (AvgIpc) is 2.04. The van der Waals surface area contributed by atoms with E-state index >= 15 is 0 Å². The summed E-state index contributed by atoms with van der Waals surface area (Å²) in [6.45, 7) is 0. The highest BCUT2D eigenvalue weighted by Gasteiger charge is 2.25. The van der Waals surface area contributed by atoms with Crippen molar-refractivity contribution >= 4 is 67.8 Å². The van der Waals surface area contributed by atoms with Gasteiger partial charge in [0.1, 0.15) is 0 Å². The minimum Gasteiger partial charge on any atom is -0.0814 e. The molecule has 2 unspecified atom stereocenters. The van der Waals surface area contributed by atoms with Crippen molar-refractivity contribution in [1.82, 2.24) is 0 Å². The lowest BCUT2D eigenvalue weighted by molar-refractivity contribution is 0.717. The fourth-order valence-corrected chi connectivity index (χ4v) is 4.62. The van der Waals surface area contributed by atoms with E-state index in [0.29, 0.717) is 0 Å². The standard InChI is InChI=1S/C7H11I3/c8-5-3-1-2-4-6(9)7(5)10/h5-7H,1-4H2. The van der Waals surface area contributed by atoms with Crippen molar-refractivity contribution in [3.8, 4) is 0 Å². The van der Waals surface area contributed by atoms with Crippen LogP contribution in [0.5, 0.6) is 0 Å². The average molecular weight is 476 g/mol. The van der Waals surface area contributed by atoms with Gasteiger partial charge in [0.15, 0.2) is 0 Å². The van der Waals surface area contributed by atoms with E-state index in [1.54, 1.807) is 0 Å². The van der Waals surface area contributed by atoms with E-state index in [-0.39, 0.29) is 0 Å². The maximum absolute atomic E-state index is 2.62. The summed E-state index contributed by atoms with van der Waals surface area (Å²) < 4.78 is 2.74. The Kier molecular flexibility index (Phi) is 5.17. The van der Waals surface area contributed by atoms with Crippen LogP contribution < -0.4 is 0 Å². The fraction of sp³-hybridized carbons (Fsp3) is 1.00. The molecule has 0 bridgehead atoms. The second-order valence-electron chi connectivity index (χ2n) is 2.76. The molecule has 0 N–H and O–H groups in total. The lowest BCUT2D eigenvalue weighted by Crippen LogP contribution is -2.21. The minimum atomic E-state index is 0.904. The van der Waals surface area contributed by atoms with Crippen LogP contribution in [0.25, 0.3) is 0 Å². The van der Waals surface area contributed by atoms with Gasteiger partial charge in [-0.25, -0.2) is 0 Å². The molecule has 1 aliphatic rings. The monoisotopic (exact) mass is 476 g/mol. The molecule has 0 saturated heterocycles. The second kappa shape index (κ2) is 5.04. The lowest BCUT2D eigenvalue weighted by atomic mass is 10.2. The summed E-state index contributed by atoms with van der Waals surface area (Å²) in [6.07, 6.45) is 5.78. The highest BCUT2D eigenvalue weighted by molar-refractivity contribution is 14.1. The predicted octanol–water partition coefficient (Wildman–Crippen LogP) is 3.97. The van der Waals surface area contributed by atoms with Crippen molar-refractivity contribution in [2.24, 2.45) is 0 Å². The number of halogens is 3. The molecule has 0 radical (unpaired) electrons. The molecule has 0 aliphatic heterocycles. The Morgan fingerprint density at radius 2 is 1.20 bits per heavy atom. The predicted molar refractivity (Wildman–Crippen MR) is 71.9 cm³/mol. The SMILES string of the molecule is IC1CCCCC(I)C1I. The molecule has 0 aromatic rings. The molecule has 0 nitrogen and oxygen atoms in total. The van der Waals surface area contributed by atoms with Crippen molar-refractivity contribution in [3.63, 3.8) is 0 Å². The topological polar surface area (TPSA) is 0 Å². The van der Waals surface area contributed by atoms with Crippen LogP contribution in [-0.4, -0.2) is 11.8 Å². The molecule has 0 aromatic carbocycles. The lowest BCUT2D eigenvalue weighted by Gasteiger charge is -2.17. The summed E-state index contributed by atoms with van der Waals surface area (Å²) in [7, 11) is 0. The molecule has 0 aromatic heterocycles. The largest absolute Gasteiger partial charge is 0.0814 e. The van der Waals surface area contributed by atoms with Gasteiger partial charge >= 0.3 is 0 Å². The van der Waals surface area contributed by atoms with Gasteiger partial charge < -0.3 is 0 Å². The Hall–Kier alpha value is 2.19. The third-order valence-electron chi connectivity index (χ3n) is 1.90. The van der Waals surface area contributed by atoms with Crippen LogP contribution in [0.15, 0.2) is 0 Å². The van der Waals surface area contributed by atoms with Crippen molar-refractivity contribution in [3.05, 3.63) is 0 Å². The molecule has 10 heavy (non-hydrogen) atoms. The first kappa shape index (κ1) is 10.3. The summed E-state index contributed by atoms with van der Waals surface area (Å²) in [4.78, 5) is 0. The van der Waals surface area contributed by atoms with E-state index < -0.39 is 0 Å². The van der Waals surface area contributed by atoms with Crippen molar-refractivity contribution in [2.45, 2.75) is 37.5 Å². The first-order chi connectivity index (χ1) is 4.72. The summed E-state index contributed by atoms with van der Waals surface area (Å²) in [5, 5.41) is 0. The normalized spacial score (nSPS) is 42.9. The van der Waals surface area contributed by atoms with E-state index in [0.717, 1.165) is 11.8 Å². The van der Waals surface area contributed by atoms with Crippen LogP contribution in [0.1, 0.15) is 25.7 Å². The van der Waals surface area contributed by atoms with Gasteiger partial charge in [-0.15, -0.1) is 0 Å². The van der Waals surface area contributed by atoms with Crippen LogP contribution in [-0.2, 0) is 0 Å². The van der Waals surface area contributed by atoms with Crippen LogP contribution in [0.2, 0.25) is 0 Å². The molecule has 0 heterocycles. The number of hydrogen-bond acceptors (Lipinski definition) is 0. The molecule has 3 heteroatoms.